The van der Waals surface area contributed by atoms with Gasteiger partial charge in [-0.2, -0.15) is 8.78 Å². The molecule has 0 radical (unpaired) electrons. The van der Waals surface area contributed by atoms with Gasteiger partial charge >= 0.3 is 6.61 Å². The summed E-state index contributed by atoms with van der Waals surface area (Å²) in [5, 5.41) is 3.27. The lowest BCUT2D eigenvalue weighted by molar-refractivity contribution is -0.134. The third-order valence-corrected chi connectivity index (χ3v) is 4.16. The van der Waals surface area contributed by atoms with E-state index in [2.05, 4.69) is 15.0 Å². The van der Waals surface area contributed by atoms with E-state index in [0.717, 1.165) is 5.56 Å². The molecule has 0 spiro atoms. The zero-order chi connectivity index (χ0) is 17.6. The Kier molecular flexibility index (Phi) is 5.55. The number of aromatic nitrogens is 1. The number of carbonyl (C=O) groups excluding carboxylic acids is 1. The summed E-state index contributed by atoms with van der Waals surface area (Å²) in [4.78, 5) is 18.7. The van der Waals surface area contributed by atoms with Crippen molar-refractivity contribution in [2.75, 3.05) is 19.6 Å². The Labute approximate surface area is 144 Å². The van der Waals surface area contributed by atoms with E-state index in [1.807, 2.05) is 12.1 Å². The van der Waals surface area contributed by atoms with Crippen LogP contribution in [0.5, 0.6) is 5.75 Å². The van der Waals surface area contributed by atoms with Crippen molar-refractivity contribution in [1.29, 1.82) is 0 Å². The molecule has 1 aliphatic rings. The van der Waals surface area contributed by atoms with Crippen molar-refractivity contribution in [3.05, 3.63) is 59.9 Å². The molecule has 3 rings (SSSR count). The number of benzene rings is 1. The van der Waals surface area contributed by atoms with Gasteiger partial charge in [0.2, 0.25) is 5.91 Å². The van der Waals surface area contributed by atoms with Crippen LogP contribution in [-0.4, -0.2) is 42.0 Å². The van der Waals surface area contributed by atoms with E-state index in [1.165, 1.54) is 6.07 Å². The molecule has 25 heavy (non-hydrogen) atoms. The molecule has 0 aliphatic carbocycles. The summed E-state index contributed by atoms with van der Waals surface area (Å²) in [7, 11) is 0. The molecule has 2 heterocycles. The highest BCUT2D eigenvalue weighted by molar-refractivity contribution is 5.80. The fraction of sp³-hybridized carbons (Fsp3) is 0.333. The molecule has 1 fully saturated rings. The van der Waals surface area contributed by atoms with E-state index < -0.39 is 6.61 Å². The number of hydrogen-bond acceptors (Lipinski definition) is 4. The van der Waals surface area contributed by atoms with Crippen LogP contribution in [0.4, 0.5) is 8.78 Å². The monoisotopic (exact) mass is 347 g/mol. The number of pyridine rings is 1. The first kappa shape index (κ1) is 17.3. The Hall–Kier alpha value is -2.54. The van der Waals surface area contributed by atoms with Crippen LogP contribution in [0.1, 0.15) is 17.2 Å². The van der Waals surface area contributed by atoms with Crippen LogP contribution in [0.25, 0.3) is 0 Å². The number of para-hydroxylation sites is 1. The molecular formula is C18H19F2N3O2. The zero-order valence-electron chi connectivity index (χ0n) is 13.6. The summed E-state index contributed by atoms with van der Waals surface area (Å²) in [6, 6.07) is 10.0. The van der Waals surface area contributed by atoms with E-state index in [1.54, 1.807) is 35.5 Å². The summed E-state index contributed by atoms with van der Waals surface area (Å²) in [6.45, 7) is -1.04. The van der Waals surface area contributed by atoms with Crippen LogP contribution in [0.3, 0.4) is 0 Å². The zero-order valence-corrected chi connectivity index (χ0v) is 13.6. The summed E-state index contributed by atoms with van der Waals surface area (Å²) in [5.74, 6) is -0.0837. The Morgan fingerprint density at radius 3 is 2.92 bits per heavy atom. The summed E-state index contributed by atoms with van der Waals surface area (Å²) in [6.07, 6.45) is 3.44. The first-order chi connectivity index (χ1) is 12.1. The highest BCUT2D eigenvalue weighted by Crippen LogP contribution is 2.25. The van der Waals surface area contributed by atoms with Crippen LogP contribution in [-0.2, 0) is 11.2 Å². The normalized spacial score (nSPS) is 17.6. The van der Waals surface area contributed by atoms with Crippen molar-refractivity contribution in [2.45, 2.75) is 19.1 Å². The van der Waals surface area contributed by atoms with Crippen molar-refractivity contribution >= 4 is 5.91 Å². The van der Waals surface area contributed by atoms with Crippen molar-refractivity contribution in [1.82, 2.24) is 15.2 Å². The average Bonchev–Trinajstić information content (AvgIpc) is 2.63. The predicted octanol–water partition coefficient (Wildman–Crippen LogP) is 2.40. The first-order valence-corrected chi connectivity index (χ1v) is 8.08. The Morgan fingerprint density at radius 2 is 2.16 bits per heavy atom. The molecule has 132 valence electrons. The quantitative estimate of drug-likeness (QED) is 0.902. The highest BCUT2D eigenvalue weighted by Gasteiger charge is 2.28. The SMILES string of the molecule is O=C(Cc1ccccc1OC(F)F)N1CCNCC1c1cccnc1. The average molecular weight is 347 g/mol. The predicted molar refractivity (Wildman–Crippen MR) is 88.3 cm³/mol. The molecule has 1 amide bonds. The minimum absolute atomic E-state index is 0.0135. The topological polar surface area (TPSA) is 54.5 Å². The molecule has 1 saturated heterocycles. The van der Waals surface area contributed by atoms with Gasteiger partial charge in [0.05, 0.1) is 12.5 Å². The molecular weight excluding hydrogens is 328 g/mol. The van der Waals surface area contributed by atoms with E-state index in [-0.39, 0.29) is 24.1 Å². The molecule has 0 saturated carbocycles. The molecule has 1 unspecified atom stereocenters. The standard InChI is InChI=1S/C18H19F2N3O2/c19-18(20)25-16-6-2-1-4-13(16)10-17(24)23-9-8-22-12-15(23)14-5-3-7-21-11-14/h1-7,11,15,18,22H,8-10,12H2. The van der Waals surface area contributed by atoms with Gasteiger partial charge < -0.3 is 15.0 Å². The summed E-state index contributed by atoms with van der Waals surface area (Å²) >= 11 is 0. The number of ether oxygens (including phenoxy) is 1. The van der Waals surface area contributed by atoms with Crippen LogP contribution in [0.2, 0.25) is 0 Å². The van der Waals surface area contributed by atoms with E-state index >= 15 is 0 Å². The molecule has 5 nitrogen and oxygen atoms in total. The molecule has 7 heteroatoms. The number of amides is 1. The number of piperazine rings is 1. The van der Waals surface area contributed by atoms with Gasteiger partial charge in [-0.15, -0.1) is 0 Å². The van der Waals surface area contributed by atoms with Crippen LogP contribution in [0, 0.1) is 0 Å². The fourth-order valence-corrected chi connectivity index (χ4v) is 3.00. The van der Waals surface area contributed by atoms with Crippen molar-refractivity contribution in [3.8, 4) is 5.75 Å². The molecule has 1 N–H and O–H groups in total. The van der Waals surface area contributed by atoms with Crippen LogP contribution < -0.4 is 10.1 Å². The number of rotatable bonds is 5. The second-order valence-corrected chi connectivity index (χ2v) is 5.76. The highest BCUT2D eigenvalue weighted by atomic mass is 19.3. The largest absolute Gasteiger partial charge is 0.435 e. The number of carbonyl (C=O) groups is 1. The van der Waals surface area contributed by atoms with Gasteiger partial charge in [-0.1, -0.05) is 24.3 Å². The third kappa shape index (κ3) is 4.30. The maximum absolute atomic E-state index is 12.8. The van der Waals surface area contributed by atoms with Gasteiger partial charge in [0.25, 0.3) is 0 Å². The van der Waals surface area contributed by atoms with Gasteiger partial charge in [-0.3, -0.25) is 9.78 Å². The molecule has 2 aromatic rings. The first-order valence-electron chi connectivity index (χ1n) is 8.08. The molecule has 1 aliphatic heterocycles. The van der Waals surface area contributed by atoms with E-state index in [9.17, 15) is 13.6 Å². The molecule has 1 atom stereocenters. The maximum Gasteiger partial charge on any atom is 0.387 e. The van der Waals surface area contributed by atoms with Crippen molar-refractivity contribution in [2.24, 2.45) is 0 Å². The Morgan fingerprint density at radius 1 is 1.32 bits per heavy atom. The lowest BCUT2D eigenvalue weighted by Crippen LogP contribution is -2.49. The van der Waals surface area contributed by atoms with E-state index in [4.69, 9.17) is 0 Å². The lowest BCUT2D eigenvalue weighted by Gasteiger charge is -2.36. The number of alkyl halides is 2. The van der Waals surface area contributed by atoms with Gasteiger partial charge in [0.15, 0.2) is 0 Å². The lowest BCUT2D eigenvalue weighted by atomic mass is 10.0. The minimum Gasteiger partial charge on any atom is -0.435 e. The third-order valence-electron chi connectivity index (χ3n) is 4.16. The second-order valence-electron chi connectivity index (χ2n) is 5.76. The Balaban J connectivity index is 1.78. The number of nitrogens with zero attached hydrogens (tertiary/aromatic N) is 2. The van der Waals surface area contributed by atoms with Gasteiger partial charge in [-0.25, -0.2) is 0 Å². The van der Waals surface area contributed by atoms with Crippen LogP contribution >= 0.6 is 0 Å². The number of hydrogen-bond donors (Lipinski definition) is 1. The van der Waals surface area contributed by atoms with Gasteiger partial charge in [-0.05, 0) is 17.7 Å². The number of halogens is 2. The smallest absolute Gasteiger partial charge is 0.387 e. The van der Waals surface area contributed by atoms with Crippen molar-refractivity contribution < 1.29 is 18.3 Å². The van der Waals surface area contributed by atoms with Crippen molar-refractivity contribution in [3.63, 3.8) is 0 Å². The molecule has 1 aromatic heterocycles. The van der Waals surface area contributed by atoms with Gasteiger partial charge in [0, 0.05) is 37.6 Å². The Bertz CT molecular complexity index is 712. The molecule has 0 bridgehead atoms. The second kappa shape index (κ2) is 8.02. The number of nitrogens with one attached hydrogen (secondary N) is 1. The minimum atomic E-state index is -2.92. The molecule has 1 aromatic carbocycles. The van der Waals surface area contributed by atoms with E-state index in [0.29, 0.717) is 25.2 Å². The van der Waals surface area contributed by atoms with Crippen LogP contribution in [0.15, 0.2) is 48.8 Å². The summed E-state index contributed by atoms with van der Waals surface area (Å²) in [5.41, 5.74) is 1.40. The van der Waals surface area contributed by atoms with Gasteiger partial charge in [0.1, 0.15) is 5.75 Å². The fourth-order valence-electron chi connectivity index (χ4n) is 3.00. The maximum atomic E-state index is 12.8. The summed E-state index contributed by atoms with van der Waals surface area (Å²) < 4.78 is 29.6.